The third kappa shape index (κ3) is 12.9. The van der Waals surface area contributed by atoms with Crippen molar-refractivity contribution in [2.45, 2.75) is 46.3 Å². The summed E-state index contributed by atoms with van der Waals surface area (Å²) in [5, 5.41) is 41.8. The number of benzene rings is 2. The van der Waals surface area contributed by atoms with E-state index in [-0.39, 0.29) is 28.2 Å². The zero-order valence-corrected chi connectivity index (χ0v) is 28.9. The van der Waals surface area contributed by atoms with E-state index in [2.05, 4.69) is 65.5 Å². The molecule has 0 bridgehead atoms. The number of carbonyl (C=O) groups excluding carboxylic acids is 1. The Labute approximate surface area is 286 Å². The van der Waals surface area contributed by atoms with E-state index in [0.29, 0.717) is 18.0 Å². The van der Waals surface area contributed by atoms with Crippen LogP contribution in [-0.2, 0) is 4.79 Å². The van der Waals surface area contributed by atoms with Crippen LogP contribution in [0.3, 0.4) is 0 Å². The number of hydrogen-bond acceptors (Lipinski definition) is 7. The molecule has 0 saturated carbocycles. The van der Waals surface area contributed by atoms with Crippen molar-refractivity contribution in [1.82, 2.24) is 10.0 Å². The molecule has 0 radical (unpaired) electrons. The maximum atomic E-state index is 12.3. The number of amides is 1. The van der Waals surface area contributed by atoms with Gasteiger partial charge in [0, 0.05) is 24.5 Å². The third-order valence-electron chi connectivity index (χ3n) is 6.73. The van der Waals surface area contributed by atoms with Gasteiger partial charge in [-0.25, -0.2) is 0 Å². The lowest BCUT2D eigenvalue weighted by Gasteiger charge is -2.21. The molecule has 6 N–H and O–H groups in total. The molecule has 0 aromatic heterocycles. The highest BCUT2D eigenvalue weighted by molar-refractivity contribution is 8.01. The Morgan fingerprint density at radius 1 is 1.04 bits per heavy atom. The third-order valence-corrected chi connectivity index (χ3v) is 7.93. The summed E-state index contributed by atoms with van der Waals surface area (Å²) < 4.78 is 3.16. The SMILES string of the molecule is C/C(Cl)=C(O)\C(=C/CCl)SNCC1=CC(CNC(=O)C2=CC(O)C(O)C(O)=C2)CC=C1.CC.Cc1ccc(-c2ccccc2)cc1. The van der Waals surface area contributed by atoms with Gasteiger partial charge in [0.2, 0.25) is 0 Å². The average Bonchev–Trinajstić information content (AvgIpc) is 3.07. The molecule has 0 aliphatic heterocycles. The van der Waals surface area contributed by atoms with Crippen molar-refractivity contribution >= 4 is 41.1 Å². The molecule has 1 amide bonds. The van der Waals surface area contributed by atoms with Crippen molar-refractivity contribution in [3.05, 3.63) is 129 Å². The molecule has 3 atom stereocenters. The van der Waals surface area contributed by atoms with Crippen LogP contribution in [0.15, 0.2) is 124 Å². The minimum absolute atomic E-state index is 0.0247. The molecular weight excluding hydrogens is 643 g/mol. The largest absolute Gasteiger partial charge is 0.509 e. The second-order valence-corrected chi connectivity index (χ2v) is 12.0. The van der Waals surface area contributed by atoms with Crippen LogP contribution in [-0.4, -0.2) is 57.5 Å². The van der Waals surface area contributed by atoms with Gasteiger partial charge in [-0.05, 0) is 67.0 Å². The van der Waals surface area contributed by atoms with Crippen molar-refractivity contribution < 1.29 is 25.2 Å². The molecular formula is C36H44Cl2N2O5S. The van der Waals surface area contributed by atoms with Gasteiger partial charge in [-0.1, -0.05) is 110 Å². The number of halogens is 2. The Bertz CT molecular complexity index is 1450. The number of aliphatic hydroxyl groups excluding tert-OH is 4. The number of hydrogen-bond donors (Lipinski definition) is 6. The topological polar surface area (TPSA) is 122 Å². The van der Waals surface area contributed by atoms with E-state index in [9.17, 15) is 25.2 Å². The Balaban J connectivity index is 0.000000404. The lowest BCUT2D eigenvalue weighted by molar-refractivity contribution is -0.117. The van der Waals surface area contributed by atoms with E-state index < -0.39 is 23.9 Å². The summed E-state index contributed by atoms with van der Waals surface area (Å²) in [6, 6.07) is 19.0. The molecule has 0 fully saturated rings. The number of aliphatic hydroxyl groups is 4. The molecule has 2 aromatic carbocycles. The number of allylic oxidation sites excluding steroid dienone is 3. The van der Waals surface area contributed by atoms with Gasteiger partial charge in [-0.2, -0.15) is 0 Å². The number of nitrogens with one attached hydrogen (secondary N) is 2. The van der Waals surface area contributed by atoms with Gasteiger partial charge in [-0.15, -0.1) is 11.6 Å². The van der Waals surface area contributed by atoms with E-state index in [1.54, 1.807) is 13.0 Å². The highest BCUT2D eigenvalue weighted by Gasteiger charge is 2.26. The number of rotatable bonds is 10. The molecule has 248 valence electrons. The molecule has 3 unspecified atom stereocenters. The van der Waals surface area contributed by atoms with Crippen molar-refractivity contribution in [3.8, 4) is 11.1 Å². The van der Waals surface area contributed by atoms with Crippen LogP contribution in [0.5, 0.6) is 0 Å². The summed E-state index contributed by atoms with van der Waals surface area (Å²) in [5.74, 6) is -0.598. The predicted octanol–water partition coefficient (Wildman–Crippen LogP) is 7.79. The highest BCUT2D eigenvalue weighted by Crippen LogP contribution is 2.25. The van der Waals surface area contributed by atoms with Crippen LogP contribution in [0.1, 0.15) is 32.8 Å². The van der Waals surface area contributed by atoms with Crippen molar-refractivity contribution in [3.63, 3.8) is 0 Å². The summed E-state index contributed by atoms with van der Waals surface area (Å²) in [5.41, 5.74) is 4.99. The highest BCUT2D eigenvalue weighted by atomic mass is 35.5. The first-order valence-corrected chi connectivity index (χ1v) is 16.8. The average molecular weight is 688 g/mol. The molecule has 4 rings (SSSR count). The Morgan fingerprint density at radius 3 is 2.30 bits per heavy atom. The lowest BCUT2D eigenvalue weighted by atomic mass is 9.95. The van der Waals surface area contributed by atoms with Crippen molar-refractivity contribution in [2.24, 2.45) is 5.92 Å². The molecule has 0 saturated heterocycles. The minimum atomic E-state index is -1.42. The quantitative estimate of drug-likeness (QED) is 0.0653. The van der Waals surface area contributed by atoms with Crippen LogP contribution in [0.2, 0.25) is 0 Å². The first-order valence-electron chi connectivity index (χ1n) is 15.1. The van der Waals surface area contributed by atoms with Crippen LogP contribution in [0.4, 0.5) is 0 Å². The first kappa shape index (κ1) is 38.9. The van der Waals surface area contributed by atoms with Gasteiger partial charge >= 0.3 is 0 Å². The standard InChI is InChI=1S/C21H26Cl2N2O5S.C13H12.C2H6/c1-12(23)19(28)18(5-6-22)31-25-11-14-4-2-3-13(7-14)10-24-21(30)15-8-16(26)20(29)17(27)9-15;1-11-7-9-13(10-8-11)12-5-3-2-4-6-12;1-2/h2,4-5,7-9,13,16,20,25-29H,3,6,10-11H2,1H3,(H,24,30);2-10H,1H3;1-2H3/b18-5+,19-12-;;. The smallest absolute Gasteiger partial charge is 0.251 e. The molecule has 2 aliphatic carbocycles. The van der Waals surface area contributed by atoms with Crippen LogP contribution in [0.25, 0.3) is 11.1 Å². The molecule has 7 nitrogen and oxygen atoms in total. The van der Waals surface area contributed by atoms with Gasteiger partial charge in [0.1, 0.15) is 23.7 Å². The van der Waals surface area contributed by atoms with E-state index in [0.717, 1.165) is 18.1 Å². The molecule has 2 aromatic rings. The summed E-state index contributed by atoms with van der Waals surface area (Å²) in [6.07, 6.45) is 8.07. The Kier molecular flexibility index (Phi) is 17.6. The summed E-state index contributed by atoms with van der Waals surface area (Å²) in [6.45, 7) is 8.59. The maximum absolute atomic E-state index is 12.3. The first-order chi connectivity index (χ1) is 22.1. The van der Waals surface area contributed by atoms with E-state index in [4.69, 9.17) is 23.2 Å². The van der Waals surface area contributed by atoms with Crippen LogP contribution >= 0.6 is 35.1 Å². The van der Waals surface area contributed by atoms with Crippen molar-refractivity contribution in [2.75, 3.05) is 19.0 Å². The van der Waals surface area contributed by atoms with Gasteiger partial charge in [0.05, 0.1) is 9.94 Å². The molecule has 2 aliphatic rings. The van der Waals surface area contributed by atoms with Gasteiger partial charge in [0.25, 0.3) is 5.91 Å². The Hall–Kier alpha value is -3.24. The molecule has 0 spiro atoms. The van der Waals surface area contributed by atoms with E-state index >= 15 is 0 Å². The van der Waals surface area contributed by atoms with Gasteiger partial charge < -0.3 is 25.7 Å². The van der Waals surface area contributed by atoms with Crippen molar-refractivity contribution in [1.29, 1.82) is 0 Å². The second-order valence-electron chi connectivity index (χ2n) is 10.2. The van der Waals surface area contributed by atoms with E-state index in [1.807, 2.05) is 38.1 Å². The summed E-state index contributed by atoms with van der Waals surface area (Å²) >= 11 is 12.8. The zero-order chi connectivity index (χ0) is 34.1. The fourth-order valence-electron chi connectivity index (χ4n) is 4.29. The van der Waals surface area contributed by atoms with Crippen LogP contribution < -0.4 is 10.0 Å². The minimum Gasteiger partial charge on any atom is -0.509 e. The van der Waals surface area contributed by atoms with Crippen LogP contribution in [0, 0.1) is 12.8 Å². The number of alkyl halides is 1. The normalized spacial score (nSPS) is 19.6. The summed E-state index contributed by atoms with van der Waals surface area (Å²) in [7, 11) is 0. The maximum Gasteiger partial charge on any atom is 0.251 e. The number of carbonyl (C=O) groups is 1. The summed E-state index contributed by atoms with van der Waals surface area (Å²) in [4.78, 5) is 12.8. The van der Waals surface area contributed by atoms with E-state index in [1.165, 1.54) is 34.7 Å². The monoisotopic (exact) mass is 686 g/mol. The van der Waals surface area contributed by atoms with Gasteiger partial charge in [0.15, 0.2) is 0 Å². The number of aryl methyl sites for hydroxylation is 1. The fourth-order valence-corrected chi connectivity index (χ4v) is 5.51. The lowest BCUT2D eigenvalue weighted by Crippen LogP contribution is -2.34. The second kappa shape index (κ2) is 20.8. The predicted molar refractivity (Wildman–Crippen MR) is 193 cm³/mol. The molecule has 0 heterocycles. The zero-order valence-electron chi connectivity index (χ0n) is 26.6. The Morgan fingerprint density at radius 2 is 1.70 bits per heavy atom. The molecule has 46 heavy (non-hydrogen) atoms. The molecule has 10 heteroatoms. The fraction of sp³-hybridized carbons (Fsp3) is 0.306. The van der Waals surface area contributed by atoms with Gasteiger partial charge in [-0.3, -0.25) is 9.52 Å².